The normalized spacial score (nSPS) is 17.1. The lowest BCUT2D eigenvalue weighted by atomic mass is 9.86. The summed E-state index contributed by atoms with van der Waals surface area (Å²) in [5.41, 5.74) is 1.74. The Bertz CT molecular complexity index is 814. The van der Waals surface area contributed by atoms with Crippen molar-refractivity contribution in [2.75, 3.05) is 6.61 Å². The Balaban J connectivity index is 2.11. The third kappa shape index (κ3) is 2.63. The first-order chi connectivity index (χ1) is 10.9. The molecule has 1 aliphatic rings. The van der Waals surface area contributed by atoms with E-state index in [9.17, 15) is 19.1 Å². The quantitative estimate of drug-likeness (QED) is 0.795. The van der Waals surface area contributed by atoms with Gasteiger partial charge in [-0.1, -0.05) is 0 Å². The monoisotopic (exact) mass is 383 g/mol. The van der Waals surface area contributed by atoms with Gasteiger partial charge >= 0.3 is 11.9 Å². The van der Waals surface area contributed by atoms with E-state index >= 15 is 0 Å². The number of nitrogens with one attached hydrogen (secondary N) is 1. The number of carboxylic acids is 1. The van der Waals surface area contributed by atoms with Crippen molar-refractivity contribution in [3.8, 4) is 0 Å². The van der Waals surface area contributed by atoms with Gasteiger partial charge in [0.25, 0.3) is 0 Å². The Morgan fingerprint density at radius 2 is 2.26 bits per heavy atom. The van der Waals surface area contributed by atoms with Gasteiger partial charge in [-0.2, -0.15) is 0 Å². The van der Waals surface area contributed by atoms with Crippen LogP contribution in [-0.2, 0) is 22.4 Å². The fraction of sp³-hybridized carbons (Fsp3) is 0.375. The Morgan fingerprint density at radius 3 is 2.91 bits per heavy atom. The molecule has 2 N–H and O–H groups in total. The number of aromatic amines is 1. The van der Waals surface area contributed by atoms with E-state index in [0.29, 0.717) is 36.9 Å². The highest BCUT2D eigenvalue weighted by Crippen LogP contribution is 2.37. The van der Waals surface area contributed by atoms with Crippen LogP contribution in [0.2, 0.25) is 0 Å². The number of halogens is 2. The highest BCUT2D eigenvalue weighted by Gasteiger charge is 2.31. The SMILES string of the molecule is CCOC(=O)C1CCc2c([nH]c3c(C(=O)O)cc(Br)c(F)c23)C1. The molecule has 0 spiro atoms. The molecule has 0 aliphatic heterocycles. The van der Waals surface area contributed by atoms with Crippen LogP contribution in [0.25, 0.3) is 10.9 Å². The molecule has 0 amide bonds. The van der Waals surface area contributed by atoms with E-state index in [2.05, 4.69) is 20.9 Å². The molecule has 1 atom stereocenters. The fourth-order valence-corrected chi connectivity index (χ4v) is 3.59. The first-order valence-electron chi connectivity index (χ1n) is 7.35. The van der Waals surface area contributed by atoms with Crippen molar-refractivity contribution >= 4 is 38.8 Å². The first kappa shape index (κ1) is 16.0. The molecule has 1 unspecified atom stereocenters. The van der Waals surface area contributed by atoms with Crippen molar-refractivity contribution in [1.82, 2.24) is 4.98 Å². The zero-order valence-corrected chi connectivity index (χ0v) is 14.0. The Kier molecular flexibility index (Phi) is 4.14. The van der Waals surface area contributed by atoms with E-state index in [1.165, 1.54) is 6.07 Å². The Hall–Kier alpha value is -1.89. The van der Waals surface area contributed by atoms with Gasteiger partial charge in [0.1, 0.15) is 5.82 Å². The highest BCUT2D eigenvalue weighted by molar-refractivity contribution is 9.10. The number of aromatic nitrogens is 1. The molecule has 1 aliphatic carbocycles. The van der Waals surface area contributed by atoms with Crippen LogP contribution in [0.4, 0.5) is 4.39 Å². The number of aromatic carboxylic acids is 1. The lowest BCUT2D eigenvalue weighted by molar-refractivity contribution is -0.148. The van der Waals surface area contributed by atoms with Crippen LogP contribution in [-0.4, -0.2) is 28.6 Å². The summed E-state index contributed by atoms with van der Waals surface area (Å²) >= 11 is 3.08. The number of carbonyl (C=O) groups is 2. The number of rotatable bonds is 3. The topological polar surface area (TPSA) is 79.4 Å². The average Bonchev–Trinajstić information content (AvgIpc) is 2.89. The highest BCUT2D eigenvalue weighted by atomic mass is 79.9. The van der Waals surface area contributed by atoms with E-state index in [0.717, 1.165) is 5.56 Å². The number of benzene rings is 1. The van der Waals surface area contributed by atoms with Gasteiger partial charge in [0, 0.05) is 17.5 Å². The van der Waals surface area contributed by atoms with E-state index in [1.807, 2.05) is 0 Å². The lowest BCUT2D eigenvalue weighted by Crippen LogP contribution is -2.24. The summed E-state index contributed by atoms with van der Waals surface area (Å²) in [5.74, 6) is -2.15. The summed E-state index contributed by atoms with van der Waals surface area (Å²) in [6.45, 7) is 2.07. The number of fused-ring (bicyclic) bond motifs is 3. The molecule has 0 fully saturated rings. The molecule has 0 radical (unpaired) electrons. The van der Waals surface area contributed by atoms with Gasteiger partial charge in [0.05, 0.1) is 28.1 Å². The number of esters is 1. The van der Waals surface area contributed by atoms with E-state index < -0.39 is 11.8 Å². The molecule has 1 aromatic heterocycles. The second-order valence-electron chi connectivity index (χ2n) is 5.55. The minimum absolute atomic E-state index is 0.00959. The fourth-order valence-electron chi connectivity index (χ4n) is 3.16. The summed E-state index contributed by atoms with van der Waals surface area (Å²) in [6, 6.07) is 1.25. The van der Waals surface area contributed by atoms with Gasteiger partial charge in [0.2, 0.25) is 0 Å². The Labute approximate surface area is 139 Å². The van der Waals surface area contributed by atoms with Crippen molar-refractivity contribution in [2.45, 2.75) is 26.2 Å². The van der Waals surface area contributed by atoms with Gasteiger partial charge in [-0.3, -0.25) is 4.79 Å². The number of hydrogen-bond acceptors (Lipinski definition) is 3. The number of ether oxygens (including phenoxy) is 1. The molecule has 1 heterocycles. The third-order valence-corrected chi connectivity index (χ3v) is 4.78. The number of H-pyrrole nitrogens is 1. The molecular formula is C16H15BrFNO4. The molecule has 23 heavy (non-hydrogen) atoms. The van der Waals surface area contributed by atoms with Crippen LogP contribution < -0.4 is 0 Å². The summed E-state index contributed by atoms with van der Waals surface area (Å²) in [5, 5.41) is 9.63. The summed E-state index contributed by atoms with van der Waals surface area (Å²) < 4.78 is 19.7. The third-order valence-electron chi connectivity index (χ3n) is 4.21. The van der Waals surface area contributed by atoms with Crippen molar-refractivity contribution < 1.29 is 23.8 Å². The standard InChI is InChI=1S/C16H15BrFNO4/c1-2-23-16(22)7-3-4-8-11(5-7)19-14-9(15(20)21)6-10(17)13(18)12(8)14/h6-7,19H,2-5H2,1H3,(H,20,21). The predicted octanol–water partition coefficient (Wildman–Crippen LogP) is 3.44. The maximum atomic E-state index is 14.5. The van der Waals surface area contributed by atoms with Crippen LogP contribution >= 0.6 is 15.9 Å². The van der Waals surface area contributed by atoms with Crippen LogP contribution in [0.1, 0.15) is 35.0 Å². The molecule has 0 saturated heterocycles. The van der Waals surface area contributed by atoms with E-state index in [-0.39, 0.29) is 27.4 Å². The van der Waals surface area contributed by atoms with Crippen LogP contribution in [0.5, 0.6) is 0 Å². The molecule has 1 aromatic carbocycles. The molecule has 5 nitrogen and oxygen atoms in total. The zero-order chi connectivity index (χ0) is 16.7. The van der Waals surface area contributed by atoms with Crippen LogP contribution in [0.15, 0.2) is 10.5 Å². The molecular weight excluding hydrogens is 369 g/mol. The van der Waals surface area contributed by atoms with Crippen LogP contribution in [0, 0.1) is 11.7 Å². The van der Waals surface area contributed by atoms with Crippen molar-refractivity contribution in [1.29, 1.82) is 0 Å². The largest absolute Gasteiger partial charge is 0.478 e. The molecule has 0 saturated carbocycles. The smallest absolute Gasteiger partial charge is 0.337 e. The van der Waals surface area contributed by atoms with Gasteiger partial charge < -0.3 is 14.8 Å². The van der Waals surface area contributed by atoms with Gasteiger partial charge in [-0.25, -0.2) is 9.18 Å². The molecule has 0 bridgehead atoms. The van der Waals surface area contributed by atoms with Gasteiger partial charge in [0.15, 0.2) is 0 Å². The second-order valence-corrected chi connectivity index (χ2v) is 6.40. The number of hydrogen-bond donors (Lipinski definition) is 2. The van der Waals surface area contributed by atoms with Crippen LogP contribution in [0.3, 0.4) is 0 Å². The molecule has 2 aromatic rings. The summed E-state index contributed by atoms with van der Waals surface area (Å²) in [4.78, 5) is 26.3. The number of aryl methyl sites for hydroxylation is 1. The minimum atomic E-state index is -1.13. The molecule has 3 rings (SSSR count). The first-order valence-corrected chi connectivity index (χ1v) is 8.14. The van der Waals surface area contributed by atoms with E-state index in [4.69, 9.17) is 4.74 Å². The lowest BCUT2D eigenvalue weighted by Gasteiger charge is -2.20. The average molecular weight is 384 g/mol. The summed E-state index contributed by atoms with van der Waals surface area (Å²) in [7, 11) is 0. The minimum Gasteiger partial charge on any atom is -0.478 e. The zero-order valence-electron chi connectivity index (χ0n) is 12.4. The van der Waals surface area contributed by atoms with Crippen molar-refractivity contribution in [3.63, 3.8) is 0 Å². The second kappa shape index (κ2) is 5.96. The Morgan fingerprint density at radius 1 is 1.52 bits per heavy atom. The molecule has 122 valence electrons. The van der Waals surface area contributed by atoms with Gasteiger partial charge in [-0.15, -0.1) is 0 Å². The van der Waals surface area contributed by atoms with Crippen molar-refractivity contribution in [2.24, 2.45) is 5.92 Å². The van der Waals surface area contributed by atoms with Gasteiger partial charge in [-0.05, 0) is 47.3 Å². The van der Waals surface area contributed by atoms with E-state index in [1.54, 1.807) is 6.92 Å². The maximum absolute atomic E-state index is 14.5. The number of carbonyl (C=O) groups excluding carboxylic acids is 1. The van der Waals surface area contributed by atoms with Crippen molar-refractivity contribution in [3.05, 3.63) is 33.2 Å². The number of carboxylic acid groups (broad SMARTS) is 1. The maximum Gasteiger partial charge on any atom is 0.337 e. The molecule has 7 heteroatoms. The predicted molar refractivity (Wildman–Crippen MR) is 85.1 cm³/mol. The summed E-state index contributed by atoms with van der Waals surface area (Å²) in [6.07, 6.45) is 1.47.